The predicted octanol–water partition coefficient (Wildman–Crippen LogP) is 3.84. The molecule has 3 rings (SSSR count). The molecule has 20 heavy (non-hydrogen) atoms. The standard InChI is InChI=1S/C18H19NO/c1-3-13-5-7-14(8-6-13)11-16-15-10-12(2)4-9-17(15)19-18(16)20/h4-10,16H,3,11H2,1-2H3,(H,19,20)/t16-/m0/s1. The Bertz CT molecular complexity index is 643. The van der Waals surface area contributed by atoms with E-state index in [4.69, 9.17) is 0 Å². The van der Waals surface area contributed by atoms with Gasteiger partial charge in [-0.15, -0.1) is 0 Å². The Hall–Kier alpha value is -2.09. The van der Waals surface area contributed by atoms with E-state index in [-0.39, 0.29) is 11.8 Å². The van der Waals surface area contributed by atoms with Crippen LogP contribution in [0.5, 0.6) is 0 Å². The fraction of sp³-hybridized carbons (Fsp3) is 0.278. The van der Waals surface area contributed by atoms with E-state index < -0.39 is 0 Å². The van der Waals surface area contributed by atoms with Crippen molar-refractivity contribution < 1.29 is 4.79 Å². The molecule has 0 aromatic heterocycles. The average molecular weight is 265 g/mol. The lowest BCUT2D eigenvalue weighted by atomic mass is 9.92. The lowest BCUT2D eigenvalue weighted by Gasteiger charge is -2.10. The lowest BCUT2D eigenvalue weighted by Crippen LogP contribution is -2.14. The number of rotatable bonds is 3. The van der Waals surface area contributed by atoms with E-state index in [1.807, 2.05) is 12.1 Å². The van der Waals surface area contributed by atoms with Crippen molar-refractivity contribution >= 4 is 11.6 Å². The van der Waals surface area contributed by atoms with Crippen molar-refractivity contribution in [1.29, 1.82) is 0 Å². The highest BCUT2D eigenvalue weighted by Gasteiger charge is 2.30. The number of anilines is 1. The van der Waals surface area contributed by atoms with Crippen molar-refractivity contribution in [2.24, 2.45) is 0 Å². The Balaban J connectivity index is 1.87. The maximum absolute atomic E-state index is 12.2. The van der Waals surface area contributed by atoms with Crippen LogP contribution in [0.25, 0.3) is 0 Å². The minimum absolute atomic E-state index is 0.0580. The number of carbonyl (C=O) groups excluding carboxylic acids is 1. The third-order valence-corrected chi connectivity index (χ3v) is 4.03. The summed E-state index contributed by atoms with van der Waals surface area (Å²) in [5, 5.41) is 2.98. The first-order valence-corrected chi connectivity index (χ1v) is 7.16. The van der Waals surface area contributed by atoms with E-state index in [9.17, 15) is 4.79 Å². The highest BCUT2D eigenvalue weighted by atomic mass is 16.2. The van der Waals surface area contributed by atoms with Crippen LogP contribution in [0.4, 0.5) is 5.69 Å². The molecule has 1 amide bonds. The van der Waals surface area contributed by atoms with Crippen LogP contribution in [-0.4, -0.2) is 5.91 Å². The second-order valence-corrected chi connectivity index (χ2v) is 5.51. The predicted molar refractivity (Wildman–Crippen MR) is 82.1 cm³/mol. The van der Waals surface area contributed by atoms with Crippen molar-refractivity contribution in [2.75, 3.05) is 5.32 Å². The summed E-state index contributed by atoms with van der Waals surface area (Å²) >= 11 is 0. The first-order valence-electron chi connectivity index (χ1n) is 7.16. The van der Waals surface area contributed by atoms with Crippen LogP contribution in [0.2, 0.25) is 0 Å². The summed E-state index contributed by atoms with van der Waals surface area (Å²) in [5.41, 5.74) is 5.86. The van der Waals surface area contributed by atoms with Crippen LogP contribution >= 0.6 is 0 Å². The van der Waals surface area contributed by atoms with Crippen LogP contribution in [-0.2, 0) is 17.6 Å². The molecule has 0 saturated carbocycles. The lowest BCUT2D eigenvalue weighted by molar-refractivity contribution is -0.117. The van der Waals surface area contributed by atoms with Crippen molar-refractivity contribution in [3.05, 3.63) is 64.7 Å². The molecule has 1 heterocycles. The molecule has 1 aliphatic rings. The largest absolute Gasteiger partial charge is 0.325 e. The number of carbonyl (C=O) groups is 1. The van der Waals surface area contributed by atoms with Gasteiger partial charge in [0.25, 0.3) is 0 Å². The number of nitrogens with one attached hydrogen (secondary N) is 1. The summed E-state index contributed by atoms with van der Waals surface area (Å²) in [6, 6.07) is 14.7. The van der Waals surface area contributed by atoms with Gasteiger partial charge in [0.1, 0.15) is 0 Å². The van der Waals surface area contributed by atoms with Gasteiger partial charge in [-0.2, -0.15) is 0 Å². The number of aryl methyl sites for hydroxylation is 2. The highest BCUT2D eigenvalue weighted by molar-refractivity contribution is 6.03. The maximum atomic E-state index is 12.2. The smallest absolute Gasteiger partial charge is 0.232 e. The van der Waals surface area contributed by atoms with Gasteiger partial charge in [0.05, 0.1) is 5.92 Å². The van der Waals surface area contributed by atoms with Crippen molar-refractivity contribution in [3.63, 3.8) is 0 Å². The number of benzene rings is 2. The Labute approximate surface area is 119 Å². The Morgan fingerprint density at radius 3 is 2.45 bits per heavy atom. The maximum Gasteiger partial charge on any atom is 0.232 e. The third kappa shape index (κ3) is 2.34. The zero-order chi connectivity index (χ0) is 14.1. The number of amides is 1. The van der Waals surface area contributed by atoms with Gasteiger partial charge in [-0.1, -0.05) is 48.9 Å². The van der Waals surface area contributed by atoms with Gasteiger partial charge >= 0.3 is 0 Å². The van der Waals surface area contributed by atoms with Gasteiger partial charge in [-0.05, 0) is 42.5 Å². The van der Waals surface area contributed by atoms with E-state index in [0.717, 1.165) is 24.1 Å². The van der Waals surface area contributed by atoms with E-state index in [1.54, 1.807) is 0 Å². The van der Waals surface area contributed by atoms with Crippen LogP contribution < -0.4 is 5.32 Å². The Morgan fingerprint density at radius 2 is 1.75 bits per heavy atom. The molecule has 0 radical (unpaired) electrons. The van der Waals surface area contributed by atoms with Crippen molar-refractivity contribution in [2.45, 2.75) is 32.6 Å². The molecule has 2 aromatic rings. The summed E-state index contributed by atoms with van der Waals surface area (Å²) in [5.74, 6) is 0.0579. The second-order valence-electron chi connectivity index (χ2n) is 5.51. The first kappa shape index (κ1) is 12.9. The molecule has 2 nitrogen and oxygen atoms in total. The van der Waals surface area contributed by atoms with Crippen LogP contribution in [0.1, 0.15) is 35.1 Å². The molecule has 1 atom stereocenters. The summed E-state index contributed by atoms with van der Waals surface area (Å²) in [6.45, 7) is 4.22. The van der Waals surface area contributed by atoms with Gasteiger partial charge < -0.3 is 5.32 Å². The van der Waals surface area contributed by atoms with Crippen molar-refractivity contribution in [1.82, 2.24) is 0 Å². The molecular formula is C18H19NO. The molecule has 0 saturated heterocycles. The number of hydrogen-bond acceptors (Lipinski definition) is 1. The molecule has 2 aromatic carbocycles. The van der Waals surface area contributed by atoms with E-state index in [0.29, 0.717) is 0 Å². The Morgan fingerprint density at radius 1 is 1.05 bits per heavy atom. The van der Waals surface area contributed by atoms with E-state index >= 15 is 0 Å². The first-order chi connectivity index (χ1) is 9.67. The average Bonchev–Trinajstić information content (AvgIpc) is 2.76. The molecular weight excluding hydrogens is 246 g/mol. The number of hydrogen-bond donors (Lipinski definition) is 1. The normalized spacial score (nSPS) is 16.9. The zero-order valence-electron chi connectivity index (χ0n) is 11.9. The minimum atomic E-state index is -0.0580. The Kier molecular flexibility index (Phi) is 3.31. The summed E-state index contributed by atoms with van der Waals surface area (Å²) < 4.78 is 0. The topological polar surface area (TPSA) is 29.1 Å². The van der Waals surface area contributed by atoms with Gasteiger partial charge in [0.15, 0.2) is 0 Å². The summed E-state index contributed by atoms with van der Waals surface area (Å²) in [4.78, 5) is 12.2. The van der Waals surface area contributed by atoms with Crippen LogP contribution in [0, 0.1) is 6.92 Å². The summed E-state index contributed by atoms with van der Waals surface area (Å²) in [6.07, 6.45) is 1.82. The summed E-state index contributed by atoms with van der Waals surface area (Å²) in [7, 11) is 0. The van der Waals surface area contributed by atoms with Crippen LogP contribution in [0.15, 0.2) is 42.5 Å². The molecule has 0 fully saturated rings. The molecule has 2 heteroatoms. The van der Waals surface area contributed by atoms with Crippen molar-refractivity contribution in [3.8, 4) is 0 Å². The quantitative estimate of drug-likeness (QED) is 0.897. The van der Waals surface area contributed by atoms with Gasteiger partial charge in [0.2, 0.25) is 5.91 Å². The fourth-order valence-corrected chi connectivity index (χ4v) is 2.79. The minimum Gasteiger partial charge on any atom is -0.325 e. The van der Waals surface area contributed by atoms with E-state index in [1.165, 1.54) is 16.7 Å². The van der Waals surface area contributed by atoms with Gasteiger partial charge in [0, 0.05) is 5.69 Å². The number of fused-ring (bicyclic) bond motifs is 1. The highest BCUT2D eigenvalue weighted by Crippen LogP contribution is 2.35. The third-order valence-electron chi connectivity index (χ3n) is 4.03. The second kappa shape index (κ2) is 5.12. The van der Waals surface area contributed by atoms with Gasteiger partial charge in [-0.25, -0.2) is 0 Å². The molecule has 1 N–H and O–H groups in total. The molecule has 102 valence electrons. The zero-order valence-corrected chi connectivity index (χ0v) is 11.9. The molecule has 0 spiro atoms. The molecule has 0 bridgehead atoms. The molecule has 1 aliphatic heterocycles. The fourth-order valence-electron chi connectivity index (χ4n) is 2.79. The molecule has 0 unspecified atom stereocenters. The van der Waals surface area contributed by atoms with E-state index in [2.05, 4.69) is 49.5 Å². The molecule has 0 aliphatic carbocycles. The SMILES string of the molecule is CCc1ccc(C[C@@H]2C(=O)Nc3ccc(C)cc32)cc1. The van der Waals surface area contributed by atoms with Crippen LogP contribution in [0.3, 0.4) is 0 Å². The monoisotopic (exact) mass is 265 g/mol. The van der Waals surface area contributed by atoms with Gasteiger partial charge in [-0.3, -0.25) is 4.79 Å².